The van der Waals surface area contributed by atoms with Crippen molar-refractivity contribution in [2.45, 2.75) is 42.7 Å². The fourth-order valence-corrected chi connectivity index (χ4v) is 5.93. The fourth-order valence-electron chi connectivity index (χ4n) is 3.79. The van der Waals surface area contributed by atoms with Crippen LogP contribution in [0.1, 0.15) is 50.9 Å². The number of nitro groups is 1. The van der Waals surface area contributed by atoms with Gasteiger partial charge in [0, 0.05) is 18.0 Å². The number of aromatic nitrogens is 3. The Hall–Kier alpha value is -3.78. The van der Waals surface area contributed by atoms with E-state index in [0.717, 1.165) is 54.0 Å². The zero-order chi connectivity index (χ0) is 26.5. The maximum absolute atomic E-state index is 12.6. The van der Waals surface area contributed by atoms with Crippen LogP contribution in [-0.2, 0) is 34.2 Å². The van der Waals surface area contributed by atoms with Crippen molar-refractivity contribution in [1.82, 2.24) is 14.8 Å². The van der Waals surface area contributed by atoms with Crippen molar-refractivity contribution in [3.05, 3.63) is 56.2 Å². The Morgan fingerprint density at radius 3 is 2.70 bits per heavy atom. The quantitative estimate of drug-likeness (QED) is 0.238. The predicted molar refractivity (Wildman–Crippen MR) is 134 cm³/mol. The molecular formula is C23H23N5O7S2. The first kappa shape index (κ1) is 26.3. The summed E-state index contributed by atoms with van der Waals surface area (Å²) in [7, 11) is 1.70. The van der Waals surface area contributed by atoms with Crippen LogP contribution in [0.15, 0.2) is 34.6 Å². The van der Waals surface area contributed by atoms with E-state index in [2.05, 4.69) is 15.5 Å². The van der Waals surface area contributed by atoms with Crippen LogP contribution in [0.25, 0.3) is 0 Å². The van der Waals surface area contributed by atoms with Crippen LogP contribution in [0.3, 0.4) is 0 Å². The zero-order valence-corrected chi connectivity index (χ0v) is 21.6. The molecule has 0 radical (unpaired) electrons. The Labute approximate surface area is 219 Å². The van der Waals surface area contributed by atoms with E-state index in [1.165, 1.54) is 29.8 Å². The topological polar surface area (TPSA) is 156 Å². The SMILES string of the molecule is CCOC(=O)c1c(NC(=O)COC(=O)c2ccc(Sc3nncn3C)c([N+](=O)[O-])c2)sc2c1CCCC2. The third kappa shape index (κ3) is 5.97. The van der Waals surface area contributed by atoms with Gasteiger partial charge in [-0.2, -0.15) is 0 Å². The average Bonchev–Trinajstić information content (AvgIpc) is 3.45. The van der Waals surface area contributed by atoms with Gasteiger partial charge in [0.2, 0.25) is 0 Å². The Bertz CT molecular complexity index is 1370. The van der Waals surface area contributed by atoms with E-state index >= 15 is 0 Å². The number of hydrogen-bond donors (Lipinski definition) is 1. The van der Waals surface area contributed by atoms with E-state index < -0.39 is 29.4 Å². The molecule has 0 bridgehead atoms. The predicted octanol–water partition coefficient (Wildman–Crippen LogP) is 3.79. The number of nitrogens with one attached hydrogen (secondary N) is 1. The molecule has 194 valence electrons. The highest BCUT2D eigenvalue weighted by Gasteiger charge is 2.28. The van der Waals surface area contributed by atoms with E-state index in [1.54, 1.807) is 18.5 Å². The summed E-state index contributed by atoms with van der Waals surface area (Å²) < 4.78 is 11.9. The lowest BCUT2D eigenvalue weighted by Gasteiger charge is -2.12. The van der Waals surface area contributed by atoms with Crippen LogP contribution in [0.4, 0.5) is 10.7 Å². The summed E-state index contributed by atoms with van der Waals surface area (Å²) in [6.07, 6.45) is 4.97. The second-order valence-electron chi connectivity index (χ2n) is 8.03. The molecule has 0 saturated carbocycles. The Morgan fingerprint density at radius 2 is 2.00 bits per heavy atom. The van der Waals surface area contributed by atoms with Crippen LogP contribution in [0, 0.1) is 10.1 Å². The molecule has 0 aliphatic heterocycles. The highest BCUT2D eigenvalue weighted by molar-refractivity contribution is 7.99. The second-order valence-corrected chi connectivity index (χ2v) is 10.1. The third-order valence-electron chi connectivity index (χ3n) is 5.50. The van der Waals surface area contributed by atoms with Gasteiger partial charge < -0.3 is 19.4 Å². The number of esters is 2. The first-order valence-corrected chi connectivity index (χ1v) is 13.0. The van der Waals surface area contributed by atoms with Crippen LogP contribution in [0.5, 0.6) is 0 Å². The monoisotopic (exact) mass is 545 g/mol. The van der Waals surface area contributed by atoms with Gasteiger partial charge in [-0.3, -0.25) is 14.9 Å². The zero-order valence-electron chi connectivity index (χ0n) is 20.0. The highest BCUT2D eigenvalue weighted by atomic mass is 32.2. The summed E-state index contributed by atoms with van der Waals surface area (Å²) in [5, 5.41) is 22.7. The molecule has 37 heavy (non-hydrogen) atoms. The van der Waals surface area contributed by atoms with Gasteiger partial charge in [0.25, 0.3) is 11.6 Å². The number of carbonyl (C=O) groups excluding carboxylic acids is 3. The summed E-state index contributed by atoms with van der Waals surface area (Å²) in [4.78, 5) is 49.9. The number of aryl methyl sites for hydroxylation is 2. The van der Waals surface area contributed by atoms with E-state index in [9.17, 15) is 24.5 Å². The highest BCUT2D eigenvalue weighted by Crippen LogP contribution is 2.38. The molecule has 4 rings (SSSR count). The van der Waals surface area contributed by atoms with Crippen molar-refractivity contribution in [1.29, 1.82) is 0 Å². The number of benzene rings is 1. The van der Waals surface area contributed by atoms with Gasteiger partial charge in [0.15, 0.2) is 11.8 Å². The summed E-state index contributed by atoms with van der Waals surface area (Å²) in [5.74, 6) is -2.04. The molecule has 0 spiro atoms. The number of nitrogens with zero attached hydrogens (tertiary/aromatic N) is 4. The number of anilines is 1. The lowest BCUT2D eigenvalue weighted by molar-refractivity contribution is -0.387. The number of ether oxygens (including phenoxy) is 2. The Kier molecular flexibility index (Phi) is 8.18. The largest absolute Gasteiger partial charge is 0.462 e. The number of rotatable bonds is 9. The smallest absolute Gasteiger partial charge is 0.341 e. The van der Waals surface area contributed by atoms with Crippen LogP contribution in [-0.4, -0.2) is 50.7 Å². The molecule has 1 N–H and O–H groups in total. The van der Waals surface area contributed by atoms with E-state index in [-0.39, 0.29) is 22.8 Å². The van der Waals surface area contributed by atoms with Crippen molar-refractivity contribution < 1.29 is 28.8 Å². The number of thiophene rings is 1. The molecule has 1 amide bonds. The second kappa shape index (κ2) is 11.5. The van der Waals surface area contributed by atoms with E-state index in [0.29, 0.717) is 15.7 Å². The number of fused-ring (bicyclic) bond motifs is 1. The number of nitro benzene ring substituents is 1. The van der Waals surface area contributed by atoms with Crippen molar-refractivity contribution in [2.24, 2.45) is 7.05 Å². The van der Waals surface area contributed by atoms with Gasteiger partial charge in [-0.05, 0) is 62.1 Å². The maximum atomic E-state index is 12.6. The van der Waals surface area contributed by atoms with Crippen molar-refractivity contribution in [2.75, 3.05) is 18.5 Å². The van der Waals surface area contributed by atoms with Crippen molar-refractivity contribution in [3.63, 3.8) is 0 Å². The average molecular weight is 546 g/mol. The number of carbonyl (C=O) groups is 3. The van der Waals surface area contributed by atoms with Gasteiger partial charge in [0.05, 0.1) is 27.6 Å². The van der Waals surface area contributed by atoms with Crippen molar-refractivity contribution >= 4 is 51.6 Å². The molecule has 12 nitrogen and oxygen atoms in total. The fraction of sp³-hybridized carbons (Fsp3) is 0.348. The summed E-state index contributed by atoms with van der Waals surface area (Å²) in [6.45, 7) is 1.28. The lowest BCUT2D eigenvalue weighted by Crippen LogP contribution is -2.22. The van der Waals surface area contributed by atoms with Gasteiger partial charge in [-0.1, -0.05) is 0 Å². The van der Waals surface area contributed by atoms with Gasteiger partial charge >= 0.3 is 11.9 Å². The minimum Gasteiger partial charge on any atom is -0.462 e. The normalized spacial score (nSPS) is 12.5. The summed E-state index contributed by atoms with van der Waals surface area (Å²) >= 11 is 2.35. The third-order valence-corrected chi connectivity index (χ3v) is 7.83. The molecule has 0 saturated heterocycles. The molecule has 3 aromatic rings. The van der Waals surface area contributed by atoms with Gasteiger partial charge in [-0.25, -0.2) is 9.59 Å². The minimum atomic E-state index is -0.899. The first-order chi connectivity index (χ1) is 17.8. The standard InChI is InChI=1S/C23H23N5O7S2/c1-3-34-22(31)19-14-6-4-5-7-16(14)36-20(19)25-18(29)11-35-21(30)13-8-9-17(15(10-13)28(32)33)37-23-26-24-12-27(23)2/h8-10,12H,3-7,11H2,1-2H3,(H,25,29). The first-order valence-electron chi connectivity index (χ1n) is 11.4. The lowest BCUT2D eigenvalue weighted by atomic mass is 9.95. The van der Waals surface area contributed by atoms with Gasteiger partial charge in [-0.15, -0.1) is 21.5 Å². The maximum Gasteiger partial charge on any atom is 0.341 e. The Morgan fingerprint density at radius 1 is 1.22 bits per heavy atom. The molecule has 14 heteroatoms. The molecule has 1 aromatic carbocycles. The molecule has 2 aromatic heterocycles. The molecule has 1 aliphatic carbocycles. The molecule has 1 aliphatic rings. The van der Waals surface area contributed by atoms with Crippen LogP contribution < -0.4 is 5.32 Å². The summed E-state index contributed by atoms with van der Waals surface area (Å²) in [6, 6.07) is 3.87. The molecular weight excluding hydrogens is 522 g/mol. The minimum absolute atomic E-state index is 0.0828. The molecule has 2 heterocycles. The van der Waals surface area contributed by atoms with Gasteiger partial charge in [0.1, 0.15) is 11.3 Å². The number of amides is 1. The molecule has 0 unspecified atom stereocenters. The van der Waals surface area contributed by atoms with Crippen molar-refractivity contribution in [3.8, 4) is 0 Å². The van der Waals surface area contributed by atoms with Crippen LogP contribution in [0.2, 0.25) is 0 Å². The molecule has 0 atom stereocenters. The van der Waals surface area contributed by atoms with Crippen LogP contribution >= 0.6 is 23.1 Å². The Balaban J connectivity index is 1.44. The number of hydrogen-bond acceptors (Lipinski definition) is 11. The summed E-state index contributed by atoms with van der Waals surface area (Å²) in [5.41, 5.74) is 0.859. The van der Waals surface area contributed by atoms with E-state index in [4.69, 9.17) is 9.47 Å². The molecule has 0 fully saturated rings. The van der Waals surface area contributed by atoms with E-state index in [1.807, 2.05) is 0 Å².